The second kappa shape index (κ2) is 9.10. The number of guanidine groups is 1. The van der Waals surface area contributed by atoms with Gasteiger partial charge < -0.3 is 19.6 Å². The van der Waals surface area contributed by atoms with Gasteiger partial charge in [0.15, 0.2) is 5.96 Å². The number of para-hydroxylation sites is 2. The molecule has 0 amide bonds. The summed E-state index contributed by atoms with van der Waals surface area (Å²) in [4.78, 5) is 9.13. The Labute approximate surface area is 170 Å². The largest absolute Gasteiger partial charge is 0.467 e. The summed E-state index contributed by atoms with van der Waals surface area (Å²) in [5, 5.41) is 6.55. The van der Waals surface area contributed by atoms with Gasteiger partial charge in [-0.25, -0.2) is 9.98 Å². The summed E-state index contributed by atoms with van der Waals surface area (Å²) >= 11 is 0. The summed E-state index contributed by atoms with van der Waals surface area (Å²) in [5.74, 6) is 1.66. The molecule has 0 spiro atoms. The third kappa shape index (κ3) is 4.85. The van der Waals surface area contributed by atoms with Crippen LogP contribution in [0.5, 0.6) is 0 Å². The molecule has 4 rings (SSSR count). The Morgan fingerprint density at radius 2 is 1.83 bits per heavy atom. The molecule has 0 fully saturated rings. The zero-order chi connectivity index (χ0) is 19.9. The first-order valence-electron chi connectivity index (χ1n) is 9.84. The smallest absolute Gasteiger partial charge is 0.191 e. The van der Waals surface area contributed by atoms with E-state index in [9.17, 15) is 0 Å². The third-order valence-electron chi connectivity index (χ3n) is 4.68. The number of hydrogen-bond acceptors (Lipinski definition) is 3. The molecule has 0 atom stereocenters. The first-order valence-corrected chi connectivity index (χ1v) is 9.84. The molecule has 0 bridgehead atoms. The number of hydrogen-bond donors (Lipinski definition) is 2. The van der Waals surface area contributed by atoms with Crippen molar-refractivity contribution >= 4 is 17.0 Å². The minimum Gasteiger partial charge on any atom is -0.467 e. The molecule has 29 heavy (non-hydrogen) atoms. The Morgan fingerprint density at radius 1 is 1.00 bits per heavy atom. The van der Waals surface area contributed by atoms with Gasteiger partial charge in [-0.2, -0.15) is 0 Å². The lowest BCUT2D eigenvalue weighted by atomic mass is 10.1. The summed E-state index contributed by atoms with van der Waals surface area (Å²) in [6, 6.07) is 20.6. The summed E-state index contributed by atoms with van der Waals surface area (Å²) in [6.07, 6.45) is 3.57. The van der Waals surface area contributed by atoms with Crippen LogP contribution >= 0.6 is 0 Å². The number of benzene rings is 2. The van der Waals surface area contributed by atoms with Crippen LogP contribution in [0.4, 0.5) is 0 Å². The van der Waals surface area contributed by atoms with Gasteiger partial charge in [-0.15, -0.1) is 0 Å². The van der Waals surface area contributed by atoms with Crippen molar-refractivity contribution in [2.24, 2.45) is 4.99 Å². The van der Waals surface area contributed by atoms with E-state index in [-0.39, 0.29) is 0 Å². The molecule has 0 aliphatic heterocycles. The maximum absolute atomic E-state index is 5.36. The van der Waals surface area contributed by atoms with Crippen molar-refractivity contribution in [1.29, 1.82) is 0 Å². The van der Waals surface area contributed by atoms with E-state index in [1.807, 2.05) is 36.7 Å². The van der Waals surface area contributed by atoms with Gasteiger partial charge in [-0.05, 0) is 42.3 Å². The number of rotatable bonds is 7. The van der Waals surface area contributed by atoms with Crippen LogP contribution in [0.1, 0.15) is 23.8 Å². The van der Waals surface area contributed by atoms with Crippen molar-refractivity contribution in [3.63, 3.8) is 0 Å². The highest BCUT2D eigenvalue weighted by molar-refractivity contribution is 5.79. The number of aliphatic imine (C=N–C) groups is 1. The van der Waals surface area contributed by atoms with Crippen LogP contribution in [0.15, 0.2) is 82.7 Å². The molecule has 2 aromatic carbocycles. The predicted molar refractivity (Wildman–Crippen MR) is 116 cm³/mol. The second-order valence-corrected chi connectivity index (χ2v) is 6.81. The quantitative estimate of drug-likeness (QED) is 0.372. The van der Waals surface area contributed by atoms with E-state index in [0.29, 0.717) is 13.1 Å². The maximum atomic E-state index is 5.36. The molecule has 6 heteroatoms. The monoisotopic (exact) mass is 387 g/mol. The summed E-state index contributed by atoms with van der Waals surface area (Å²) in [6.45, 7) is 4.89. The fourth-order valence-electron chi connectivity index (χ4n) is 3.18. The van der Waals surface area contributed by atoms with Gasteiger partial charge in [0.2, 0.25) is 0 Å². The van der Waals surface area contributed by atoms with Gasteiger partial charge in [-0.3, -0.25) is 0 Å². The van der Waals surface area contributed by atoms with Crippen LogP contribution < -0.4 is 10.6 Å². The number of imidazole rings is 1. The highest BCUT2D eigenvalue weighted by atomic mass is 16.3. The van der Waals surface area contributed by atoms with Gasteiger partial charge in [0, 0.05) is 13.1 Å². The summed E-state index contributed by atoms with van der Waals surface area (Å²) in [7, 11) is 0. The van der Waals surface area contributed by atoms with E-state index in [1.165, 1.54) is 11.1 Å². The highest BCUT2D eigenvalue weighted by Crippen LogP contribution is 2.14. The highest BCUT2D eigenvalue weighted by Gasteiger charge is 2.03. The third-order valence-corrected chi connectivity index (χ3v) is 4.68. The van der Waals surface area contributed by atoms with Gasteiger partial charge in [0.25, 0.3) is 0 Å². The van der Waals surface area contributed by atoms with Crippen molar-refractivity contribution in [2.45, 2.75) is 26.6 Å². The number of furan rings is 1. The lowest BCUT2D eigenvalue weighted by Crippen LogP contribution is -2.36. The first kappa shape index (κ1) is 18.8. The van der Waals surface area contributed by atoms with Crippen LogP contribution in [0.3, 0.4) is 0 Å². The topological polar surface area (TPSA) is 67.4 Å². The number of nitrogens with zero attached hydrogens (tertiary/aromatic N) is 3. The van der Waals surface area contributed by atoms with Crippen LogP contribution in [0.25, 0.3) is 11.0 Å². The van der Waals surface area contributed by atoms with E-state index in [1.54, 1.807) is 6.26 Å². The molecule has 2 aromatic heterocycles. The Morgan fingerprint density at radius 3 is 2.62 bits per heavy atom. The molecular formula is C23H25N5O. The lowest BCUT2D eigenvalue weighted by molar-refractivity contribution is 0.501. The minimum atomic E-state index is 0.608. The molecule has 0 saturated heterocycles. The molecule has 0 aliphatic rings. The van der Waals surface area contributed by atoms with E-state index in [2.05, 4.69) is 62.4 Å². The molecule has 2 heterocycles. The standard InChI is InChI=1S/C23H25N5O/c1-2-24-23(26-15-20-6-5-13-29-20)25-14-18-9-11-19(12-10-18)16-28-17-27-21-7-3-4-8-22(21)28/h3-13,17H,2,14-16H2,1H3,(H2,24,25,26). The molecule has 2 N–H and O–H groups in total. The zero-order valence-electron chi connectivity index (χ0n) is 16.5. The van der Waals surface area contributed by atoms with Crippen molar-refractivity contribution in [1.82, 2.24) is 20.2 Å². The van der Waals surface area contributed by atoms with Gasteiger partial charge in [-0.1, -0.05) is 36.4 Å². The number of aromatic nitrogens is 2. The van der Waals surface area contributed by atoms with E-state index in [4.69, 9.17) is 4.42 Å². The molecule has 4 aromatic rings. The van der Waals surface area contributed by atoms with Crippen LogP contribution in [0.2, 0.25) is 0 Å². The second-order valence-electron chi connectivity index (χ2n) is 6.81. The lowest BCUT2D eigenvalue weighted by Gasteiger charge is -2.10. The molecular weight excluding hydrogens is 362 g/mol. The van der Waals surface area contributed by atoms with Gasteiger partial charge in [0.05, 0.1) is 36.7 Å². The number of fused-ring (bicyclic) bond motifs is 1. The normalized spacial score (nSPS) is 11.7. The Balaban J connectivity index is 1.38. The van der Waals surface area contributed by atoms with Crippen LogP contribution in [0, 0.1) is 0 Å². The molecule has 0 saturated carbocycles. The molecule has 0 unspecified atom stereocenters. The Kier molecular flexibility index (Phi) is 5.90. The van der Waals surface area contributed by atoms with Crippen molar-refractivity contribution in [2.75, 3.05) is 6.54 Å². The maximum Gasteiger partial charge on any atom is 0.191 e. The van der Waals surface area contributed by atoms with E-state index < -0.39 is 0 Å². The average molecular weight is 387 g/mol. The fraction of sp³-hybridized carbons (Fsp3) is 0.217. The van der Waals surface area contributed by atoms with E-state index >= 15 is 0 Å². The molecule has 148 valence electrons. The summed E-state index contributed by atoms with van der Waals surface area (Å²) in [5.41, 5.74) is 4.58. The first-order chi connectivity index (χ1) is 14.3. The molecule has 0 aliphatic carbocycles. The predicted octanol–water partition coefficient (Wildman–Crippen LogP) is 3.93. The van der Waals surface area contributed by atoms with Gasteiger partial charge >= 0.3 is 0 Å². The van der Waals surface area contributed by atoms with Crippen molar-refractivity contribution < 1.29 is 4.42 Å². The molecule has 6 nitrogen and oxygen atoms in total. The Hall–Kier alpha value is -3.54. The van der Waals surface area contributed by atoms with Crippen molar-refractivity contribution in [3.05, 3.63) is 90.1 Å². The minimum absolute atomic E-state index is 0.608. The Bertz CT molecular complexity index is 1060. The van der Waals surface area contributed by atoms with Crippen molar-refractivity contribution in [3.8, 4) is 0 Å². The number of nitrogens with one attached hydrogen (secondary N) is 2. The average Bonchev–Trinajstić information content (AvgIpc) is 3.42. The zero-order valence-corrected chi connectivity index (χ0v) is 16.5. The molecule has 0 radical (unpaired) electrons. The fourth-order valence-corrected chi connectivity index (χ4v) is 3.18. The van der Waals surface area contributed by atoms with E-state index in [0.717, 1.165) is 35.8 Å². The summed E-state index contributed by atoms with van der Waals surface area (Å²) < 4.78 is 7.53. The van der Waals surface area contributed by atoms with Gasteiger partial charge in [0.1, 0.15) is 5.76 Å². The SMILES string of the molecule is CCNC(=NCc1ccc(Cn2cnc3ccccc32)cc1)NCc1ccco1. The van der Waals surface area contributed by atoms with Crippen LogP contribution in [-0.4, -0.2) is 22.1 Å². The van der Waals surface area contributed by atoms with Crippen LogP contribution in [-0.2, 0) is 19.6 Å².